The minimum atomic E-state index is -0.953. The number of nitrogens with one attached hydrogen (secondary N) is 3. The highest BCUT2D eigenvalue weighted by Crippen LogP contribution is 2.40. The fraction of sp³-hybridized carbons (Fsp3) is 0.481. The van der Waals surface area contributed by atoms with E-state index < -0.39 is 41.5 Å². The summed E-state index contributed by atoms with van der Waals surface area (Å²) >= 11 is 3.38. The molecule has 366 valence electrons. The molecule has 4 N–H and O–H groups in total. The zero-order valence-electron chi connectivity index (χ0n) is 40.9. The maximum absolute atomic E-state index is 14.1. The smallest absolute Gasteiger partial charge is 0.246 e. The molecule has 0 spiro atoms. The van der Waals surface area contributed by atoms with E-state index in [2.05, 4.69) is 99.0 Å². The molecule has 3 aliphatic rings. The third-order valence-electron chi connectivity index (χ3n) is 13.5. The van der Waals surface area contributed by atoms with Crippen LogP contribution >= 0.6 is 22.7 Å². The molecule has 2 unspecified atom stereocenters. The van der Waals surface area contributed by atoms with Crippen molar-refractivity contribution in [3.8, 4) is 15.4 Å². The van der Waals surface area contributed by atoms with Gasteiger partial charge in [-0.1, -0.05) is 74.9 Å². The van der Waals surface area contributed by atoms with Gasteiger partial charge in [0.1, 0.15) is 35.6 Å². The normalized spacial score (nSPS) is 19.1. The molecule has 2 saturated heterocycles. The van der Waals surface area contributed by atoms with Crippen molar-refractivity contribution in [2.75, 3.05) is 39.4 Å². The van der Waals surface area contributed by atoms with Crippen LogP contribution < -0.4 is 16.0 Å². The highest BCUT2D eigenvalue weighted by Gasteiger charge is 2.44. The topological polar surface area (TPSA) is 183 Å². The average molecular weight is 976 g/mol. The van der Waals surface area contributed by atoms with Gasteiger partial charge in [-0.2, -0.15) is 0 Å². The van der Waals surface area contributed by atoms with Crippen LogP contribution in [0.5, 0.6) is 0 Å². The zero-order chi connectivity index (χ0) is 49.1. The van der Waals surface area contributed by atoms with Gasteiger partial charge in [-0.25, -0.2) is 0 Å². The molecule has 2 aromatic carbocycles. The number of ether oxygens (including phenoxy) is 1. The van der Waals surface area contributed by atoms with Crippen molar-refractivity contribution in [1.82, 2.24) is 40.5 Å². The van der Waals surface area contributed by atoms with Gasteiger partial charge in [0, 0.05) is 66.1 Å². The van der Waals surface area contributed by atoms with E-state index in [0.717, 1.165) is 75.8 Å². The summed E-state index contributed by atoms with van der Waals surface area (Å²) in [5, 5.41) is 31.8. The number of aryl methyl sites for hydroxylation is 4. The van der Waals surface area contributed by atoms with Crippen molar-refractivity contribution in [2.24, 2.45) is 10.4 Å². The summed E-state index contributed by atoms with van der Waals surface area (Å²) in [5.41, 5.74) is 7.80. The SMILES string of the molecule is Cc1ccc(C2=NC(CC(=O)NC3CCN(CCOCC(=O)N[C@H](C(=O)N4CC(O)C[C@H]4C(=O)NCc4ccc(-c5sccc5C)cc4)C(C)(C)C)CC3)c3nnc(C)n3-c3sc(C)c(C)c32)cc1. The van der Waals surface area contributed by atoms with Gasteiger partial charge >= 0.3 is 0 Å². The number of hydrogen-bond donors (Lipinski definition) is 4. The van der Waals surface area contributed by atoms with Crippen molar-refractivity contribution in [3.05, 3.63) is 110 Å². The summed E-state index contributed by atoms with van der Waals surface area (Å²) in [6, 6.07) is 16.1. The number of β-amino-alcohol motifs (C(OH)–C–C–N with tert-alkyl or cyclic N) is 1. The van der Waals surface area contributed by atoms with E-state index in [1.54, 1.807) is 22.7 Å². The Hall–Kier alpha value is -5.59. The first-order chi connectivity index (χ1) is 32.9. The molecule has 3 aromatic heterocycles. The van der Waals surface area contributed by atoms with E-state index in [0.29, 0.717) is 19.0 Å². The molecule has 69 heavy (non-hydrogen) atoms. The summed E-state index contributed by atoms with van der Waals surface area (Å²) in [6.45, 7) is 18.4. The number of amides is 4. The molecule has 17 heteroatoms. The second-order valence-corrected chi connectivity index (χ2v) is 21.9. The maximum atomic E-state index is 14.1. The van der Waals surface area contributed by atoms with Crippen LogP contribution in [0.25, 0.3) is 15.4 Å². The lowest BCUT2D eigenvalue weighted by Crippen LogP contribution is -2.58. The predicted molar refractivity (Wildman–Crippen MR) is 270 cm³/mol. The minimum absolute atomic E-state index is 0.00472. The standard InChI is InChI=1S/C52H65N9O6S2/c1-30-9-13-36(14-10-30)45-44-32(3)33(4)69-51(44)61-34(5)57-58-48(61)40(55-45)26-42(63)54-38-17-20-59(21-18-38)22-23-67-29-43(64)56-47(52(6,7)8)50(66)60-28-39(62)25-41(60)49(65)53-27-35-11-15-37(16-12-35)46-31(2)19-24-68-46/h9-16,19,24,38-41,47,62H,17-18,20-23,25-29H2,1-8H3,(H,53,65)(H,54,63)(H,56,64)/t39?,40?,41-,47+/m0/s1. The maximum Gasteiger partial charge on any atom is 0.246 e. The number of carbonyl (C=O) groups excluding carboxylic acids is 4. The number of likely N-dealkylation sites (tertiary alicyclic amines) is 2. The van der Waals surface area contributed by atoms with E-state index in [-0.39, 0.29) is 50.4 Å². The van der Waals surface area contributed by atoms with E-state index in [9.17, 15) is 24.3 Å². The first-order valence-corrected chi connectivity index (χ1v) is 25.6. The molecule has 6 heterocycles. The van der Waals surface area contributed by atoms with Gasteiger partial charge in [0.15, 0.2) is 5.82 Å². The van der Waals surface area contributed by atoms with E-state index in [1.165, 1.54) is 20.2 Å². The third kappa shape index (κ3) is 11.4. The summed E-state index contributed by atoms with van der Waals surface area (Å²) in [7, 11) is 0. The highest BCUT2D eigenvalue weighted by molar-refractivity contribution is 7.15. The van der Waals surface area contributed by atoms with Crippen molar-refractivity contribution in [2.45, 2.75) is 118 Å². The molecular weight excluding hydrogens is 911 g/mol. The van der Waals surface area contributed by atoms with Crippen LogP contribution in [0.1, 0.15) is 102 Å². The fourth-order valence-corrected chi connectivity index (χ4v) is 11.6. The number of fused-ring (bicyclic) bond motifs is 3. The van der Waals surface area contributed by atoms with Gasteiger partial charge in [0.05, 0.1) is 24.8 Å². The van der Waals surface area contributed by atoms with Crippen LogP contribution in [0.3, 0.4) is 0 Å². The van der Waals surface area contributed by atoms with Crippen molar-refractivity contribution < 1.29 is 29.0 Å². The monoisotopic (exact) mass is 975 g/mol. The van der Waals surface area contributed by atoms with Crippen LogP contribution in [-0.2, 0) is 30.5 Å². The zero-order valence-corrected chi connectivity index (χ0v) is 42.6. The molecule has 5 aromatic rings. The lowest BCUT2D eigenvalue weighted by Gasteiger charge is -2.35. The number of piperidine rings is 1. The number of nitrogens with zero attached hydrogens (tertiary/aromatic N) is 6. The van der Waals surface area contributed by atoms with Gasteiger partial charge in [0.2, 0.25) is 23.6 Å². The number of rotatable bonds is 15. The highest BCUT2D eigenvalue weighted by atomic mass is 32.1. The Bertz CT molecular complexity index is 2690. The Balaban J connectivity index is 0.791. The average Bonchev–Trinajstić information content (AvgIpc) is 4.08. The van der Waals surface area contributed by atoms with Crippen molar-refractivity contribution in [1.29, 1.82) is 0 Å². The lowest BCUT2D eigenvalue weighted by atomic mass is 9.85. The Labute approximate surface area is 412 Å². The molecule has 4 amide bonds. The Kier molecular flexibility index (Phi) is 15.3. The number of benzene rings is 2. The quantitative estimate of drug-likeness (QED) is 0.0877. The molecule has 0 radical (unpaired) electrons. The second kappa shape index (κ2) is 21.2. The molecule has 0 aliphatic carbocycles. The molecule has 3 aliphatic heterocycles. The number of carbonyl (C=O) groups is 4. The second-order valence-electron chi connectivity index (χ2n) is 19.8. The molecule has 8 rings (SSSR count). The van der Waals surface area contributed by atoms with Crippen molar-refractivity contribution in [3.63, 3.8) is 0 Å². The fourth-order valence-electron chi connectivity index (χ4n) is 9.43. The number of hydrogen-bond acceptors (Lipinski definition) is 12. The molecule has 0 bridgehead atoms. The number of thiophene rings is 2. The molecular formula is C52H65N9O6S2. The predicted octanol–water partition coefficient (Wildman–Crippen LogP) is 6.29. The summed E-state index contributed by atoms with van der Waals surface area (Å²) in [5.74, 6) is 0.118. The van der Waals surface area contributed by atoms with E-state index >= 15 is 0 Å². The Morgan fingerprint density at radius 1 is 0.913 bits per heavy atom. The summed E-state index contributed by atoms with van der Waals surface area (Å²) < 4.78 is 7.89. The number of aliphatic imine (C=N–C) groups is 1. The number of aromatic nitrogens is 3. The van der Waals surface area contributed by atoms with Crippen LogP contribution in [0, 0.1) is 40.0 Å². The van der Waals surface area contributed by atoms with Crippen LogP contribution in [-0.4, -0.2) is 123 Å². The first kappa shape index (κ1) is 49.8. The first-order valence-electron chi connectivity index (χ1n) is 23.9. The summed E-state index contributed by atoms with van der Waals surface area (Å²) in [4.78, 5) is 66.0. The van der Waals surface area contributed by atoms with Crippen LogP contribution in [0.15, 0.2) is 65.0 Å². The van der Waals surface area contributed by atoms with Crippen LogP contribution in [0.2, 0.25) is 0 Å². The Morgan fingerprint density at radius 2 is 1.62 bits per heavy atom. The lowest BCUT2D eigenvalue weighted by molar-refractivity contribution is -0.144. The van der Waals surface area contributed by atoms with Gasteiger partial charge in [-0.15, -0.1) is 32.9 Å². The molecule has 4 atom stereocenters. The summed E-state index contributed by atoms with van der Waals surface area (Å²) in [6.07, 6.45) is 0.916. The van der Waals surface area contributed by atoms with Gasteiger partial charge < -0.3 is 35.6 Å². The van der Waals surface area contributed by atoms with E-state index in [1.807, 2.05) is 52.0 Å². The van der Waals surface area contributed by atoms with Gasteiger partial charge in [-0.05, 0) is 86.6 Å². The number of aliphatic hydroxyl groups is 1. The van der Waals surface area contributed by atoms with Gasteiger partial charge in [-0.3, -0.25) is 28.7 Å². The van der Waals surface area contributed by atoms with Crippen molar-refractivity contribution >= 4 is 52.0 Å². The van der Waals surface area contributed by atoms with E-state index in [4.69, 9.17) is 9.73 Å². The molecule has 15 nitrogen and oxygen atoms in total. The van der Waals surface area contributed by atoms with Crippen LogP contribution in [0.4, 0.5) is 0 Å². The largest absolute Gasteiger partial charge is 0.391 e. The minimum Gasteiger partial charge on any atom is -0.391 e. The molecule has 0 saturated carbocycles. The third-order valence-corrected chi connectivity index (χ3v) is 15.8. The Morgan fingerprint density at radius 3 is 2.30 bits per heavy atom. The van der Waals surface area contributed by atoms with Gasteiger partial charge in [0.25, 0.3) is 0 Å². The number of aliphatic hydroxyl groups excluding tert-OH is 1. The molecule has 2 fully saturated rings.